The average Bonchev–Trinajstić information content (AvgIpc) is 2.31. The van der Waals surface area contributed by atoms with Crippen molar-refractivity contribution in [2.75, 3.05) is 43.4 Å². The van der Waals surface area contributed by atoms with E-state index in [-0.39, 0.29) is 0 Å². The Labute approximate surface area is 123 Å². The molecule has 0 saturated carbocycles. The van der Waals surface area contributed by atoms with Gasteiger partial charge in [-0.05, 0) is 32.0 Å². The Bertz CT molecular complexity index is 437. The predicted octanol–water partition coefficient (Wildman–Crippen LogP) is 1.92. The Hall–Kier alpha value is -0.780. The van der Waals surface area contributed by atoms with Gasteiger partial charge in [0.05, 0.1) is 17.0 Å². The zero-order chi connectivity index (χ0) is 14.0. The SMILES string of the molecule is CC(C)(O)CN1CCN(c2cc(Br)ccc2N)CC1. The van der Waals surface area contributed by atoms with Crippen LogP contribution in [0.3, 0.4) is 0 Å². The molecule has 0 aromatic heterocycles. The van der Waals surface area contributed by atoms with Crippen LogP contribution in [0.5, 0.6) is 0 Å². The van der Waals surface area contributed by atoms with Gasteiger partial charge in [-0.25, -0.2) is 0 Å². The Kier molecular flexibility index (Phi) is 4.38. The molecule has 1 aliphatic rings. The van der Waals surface area contributed by atoms with Gasteiger partial charge in [-0.15, -0.1) is 0 Å². The molecule has 2 rings (SSSR count). The molecule has 106 valence electrons. The van der Waals surface area contributed by atoms with Gasteiger partial charge >= 0.3 is 0 Å². The highest BCUT2D eigenvalue weighted by molar-refractivity contribution is 9.10. The van der Waals surface area contributed by atoms with Gasteiger partial charge in [0.2, 0.25) is 0 Å². The molecule has 0 atom stereocenters. The molecule has 1 aromatic carbocycles. The van der Waals surface area contributed by atoms with Crippen molar-refractivity contribution in [3.8, 4) is 0 Å². The standard InChI is InChI=1S/C14H22BrN3O/c1-14(2,19)10-17-5-7-18(8-6-17)13-9-11(15)3-4-12(13)16/h3-4,9,19H,5-8,10,16H2,1-2H3. The highest BCUT2D eigenvalue weighted by Gasteiger charge is 2.23. The van der Waals surface area contributed by atoms with Crippen LogP contribution >= 0.6 is 15.9 Å². The normalized spacial score (nSPS) is 17.8. The maximum atomic E-state index is 9.85. The first-order chi connectivity index (χ1) is 8.85. The fraction of sp³-hybridized carbons (Fsp3) is 0.571. The van der Waals surface area contributed by atoms with Crippen molar-refractivity contribution in [3.63, 3.8) is 0 Å². The van der Waals surface area contributed by atoms with E-state index in [1.54, 1.807) is 0 Å². The summed E-state index contributed by atoms with van der Waals surface area (Å²) in [5, 5.41) is 9.85. The molecule has 0 aliphatic carbocycles. The van der Waals surface area contributed by atoms with Crippen LogP contribution in [0.4, 0.5) is 11.4 Å². The molecular weight excluding hydrogens is 306 g/mol. The Balaban J connectivity index is 1.98. The van der Waals surface area contributed by atoms with Crippen molar-refractivity contribution in [3.05, 3.63) is 22.7 Å². The number of aliphatic hydroxyl groups is 1. The van der Waals surface area contributed by atoms with Gasteiger partial charge in [0.15, 0.2) is 0 Å². The van der Waals surface area contributed by atoms with Crippen LogP contribution in [0.25, 0.3) is 0 Å². The van der Waals surface area contributed by atoms with Gasteiger partial charge in [0.1, 0.15) is 0 Å². The Morgan fingerprint density at radius 2 is 1.89 bits per heavy atom. The Morgan fingerprint density at radius 1 is 1.26 bits per heavy atom. The van der Waals surface area contributed by atoms with Gasteiger partial charge in [-0.1, -0.05) is 15.9 Å². The molecule has 1 heterocycles. The van der Waals surface area contributed by atoms with Crippen LogP contribution < -0.4 is 10.6 Å². The van der Waals surface area contributed by atoms with Crippen molar-refractivity contribution in [1.29, 1.82) is 0 Å². The average molecular weight is 328 g/mol. The van der Waals surface area contributed by atoms with E-state index >= 15 is 0 Å². The maximum absolute atomic E-state index is 9.85. The molecule has 5 heteroatoms. The van der Waals surface area contributed by atoms with E-state index in [0.29, 0.717) is 0 Å². The minimum atomic E-state index is -0.628. The molecule has 1 fully saturated rings. The molecule has 0 spiro atoms. The van der Waals surface area contributed by atoms with Gasteiger partial charge in [0, 0.05) is 37.2 Å². The van der Waals surface area contributed by atoms with E-state index in [1.165, 1.54) is 0 Å². The second-order valence-corrected chi connectivity index (χ2v) is 6.69. The number of hydrogen-bond acceptors (Lipinski definition) is 4. The highest BCUT2D eigenvalue weighted by atomic mass is 79.9. The molecular formula is C14H22BrN3O. The third kappa shape index (κ3) is 4.09. The van der Waals surface area contributed by atoms with E-state index in [4.69, 9.17) is 5.73 Å². The lowest BCUT2D eigenvalue weighted by atomic mass is 10.1. The zero-order valence-electron chi connectivity index (χ0n) is 11.6. The lowest BCUT2D eigenvalue weighted by Crippen LogP contribution is -2.50. The van der Waals surface area contributed by atoms with Crippen LogP contribution in [0, 0.1) is 0 Å². The zero-order valence-corrected chi connectivity index (χ0v) is 13.2. The molecule has 4 nitrogen and oxygen atoms in total. The number of halogens is 1. The maximum Gasteiger partial charge on any atom is 0.0718 e. The quantitative estimate of drug-likeness (QED) is 0.833. The molecule has 19 heavy (non-hydrogen) atoms. The number of rotatable bonds is 3. The fourth-order valence-electron chi connectivity index (χ4n) is 2.48. The van der Waals surface area contributed by atoms with E-state index in [2.05, 4.69) is 31.8 Å². The molecule has 0 unspecified atom stereocenters. The highest BCUT2D eigenvalue weighted by Crippen LogP contribution is 2.28. The summed E-state index contributed by atoms with van der Waals surface area (Å²) < 4.78 is 1.05. The van der Waals surface area contributed by atoms with Gasteiger partial charge in [-0.2, -0.15) is 0 Å². The van der Waals surface area contributed by atoms with Crippen molar-refractivity contribution < 1.29 is 5.11 Å². The van der Waals surface area contributed by atoms with E-state index < -0.39 is 5.60 Å². The summed E-state index contributed by atoms with van der Waals surface area (Å²) >= 11 is 3.49. The largest absolute Gasteiger partial charge is 0.397 e. The predicted molar refractivity (Wildman–Crippen MR) is 83.5 cm³/mol. The smallest absolute Gasteiger partial charge is 0.0718 e. The Morgan fingerprint density at radius 3 is 2.47 bits per heavy atom. The molecule has 1 saturated heterocycles. The number of benzene rings is 1. The first-order valence-corrected chi connectivity index (χ1v) is 7.39. The summed E-state index contributed by atoms with van der Waals surface area (Å²) in [6, 6.07) is 5.97. The fourth-order valence-corrected chi connectivity index (χ4v) is 2.83. The van der Waals surface area contributed by atoms with E-state index in [9.17, 15) is 5.11 Å². The topological polar surface area (TPSA) is 52.7 Å². The second-order valence-electron chi connectivity index (χ2n) is 5.78. The number of nitrogens with zero attached hydrogens (tertiary/aromatic N) is 2. The molecule has 0 amide bonds. The minimum absolute atomic E-state index is 0.628. The third-order valence-electron chi connectivity index (χ3n) is 3.32. The summed E-state index contributed by atoms with van der Waals surface area (Å²) in [4.78, 5) is 4.60. The summed E-state index contributed by atoms with van der Waals surface area (Å²) in [7, 11) is 0. The summed E-state index contributed by atoms with van der Waals surface area (Å²) in [5.74, 6) is 0. The summed E-state index contributed by atoms with van der Waals surface area (Å²) in [6.45, 7) is 8.21. The number of nitrogen functional groups attached to an aromatic ring is 1. The van der Waals surface area contributed by atoms with Crippen LogP contribution in [0.15, 0.2) is 22.7 Å². The first kappa shape index (κ1) is 14.6. The minimum Gasteiger partial charge on any atom is -0.397 e. The lowest BCUT2D eigenvalue weighted by molar-refractivity contribution is 0.0345. The number of piperazine rings is 1. The van der Waals surface area contributed by atoms with Crippen molar-refractivity contribution in [2.24, 2.45) is 0 Å². The van der Waals surface area contributed by atoms with Gasteiger partial charge in [-0.3, -0.25) is 4.90 Å². The monoisotopic (exact) mass is 327 g/mol. The van der Waals surface area contributed by atoms with Crippen LogP contribution in [0.2, 0.25) is 0 Å². The lowest BCUT2D eigenvalue weighted by Gasteiger charge is -2.38. The molecule has 0 radical (unpaired) electrons. The van der Waals surface area contributed by atoms with Crippen molar-refractivity contribution >= 4 is 27.3 Å². The number of anilines is 2. The van der Waals surface area contributed by atoms with Gasteiger partial charge in [0.25, 0.3) is 0 Å². The van der Waals surface area contributed by atoms with E-state index in [0.717, 1.165) is 48.6 Å². The molecule has 1 aliphatic heterocycles. The molecule has 3 N–H and O–H groups in total. The second kappa shape index (κ2) is 5.69. The number of hydrogen-bond donors (Lipinski definition) is 2. The number of nitrogens with two attached hydrogens (primary N) is 1. The summed E-state index contributed by atoms with van der Waals surface area (Å²) in [6.07, 6.45) is 0. The van der Waals surface area contributed by atoms with Crippen LogP contribution in [-0.4, -0.2) is 48.3 Å². The van der Waals surface area contributed by atoms with Gasteiger partial charge < -0.3 is 15.7 Å². The molecule has 0 bridgehead atoms. The number of β-amino-alcohol motifs (C(OH)–C–C–N with tert-alkyl or cyclic N) is 1. The van der Waals surface area contributed by atoms with E-state index in [1.807, 2.05) is 26.0 Å². The molecule has 1 aromatic rings. The van der Waals surface area contributed by atoms with Crippen molar-refractivity contribution in [2.45, 2.75) is 19.4 Å². The first-order valence-electron chi connectivity index (χ1n) is 6.60. The van der Waals surface area contributed by atoms with Crippen molar-refractivity contribution in [1.82, 2.24) is 4.90 Å². The summed E-state index contributed by atoms with van der Waals surface area (Å²) in [5.41, 5.74) is 7.33. The third-order valence-corrected chi connectivity index (χ3v) is 3.81. The van der Waals surface area contributed by atoms with Crippen LogP contribution in [0.1, 0.15) is 13.8 Å². The van der Waals surface area contributed by atoms with Crippen LogP contribution in [-0.2, 0) is 0 Å².